The Kier molecular flexibility index (Phi) is 6.77. The molecule has 3 aromatic carbocycles. The summed E-state index contributed by atoms with van der Waals surface area (Å²) in [4.78, 5) is 19.6. The van der Waals surface area contributed by atoms with Crippen molar-refractivity contribution in [2.75, 3.05) is 11.9 Å². The molecule has 39 heavy (non-hydrogen) atoms. The Hall–Kier alpha value is -4.56. The van der Waals surface area contributed by atoms with Gasteiger partial charge < -0.3 is 20.0 Å². The maximum absolute atomic E-state index is 13.5. The summed E-state index contributed by atoms with van der Waals surface area (Å²) in [6, 6.07) is 28.9. The van der Waals surface area contributed by atoms with Gasteiger partial charge in [0, 0.05) is 35.8 Å². The van der Waals surface area contributed by atoms with Gasteiger partial charge in [-0.3, -0.25) is 9.78 Å². The van der Waals surface area contributed by atoms with E-state index in [2.05, 4.69) is 15.6 Å². The molecule has 1 aliphatic rings. The fourth-order valence-electron chi connectivity index (χ4n) is 5.01. The highest BCUT2D eigenvalue weighted by Gasteiger charge is 2.41. The van der Waals surface area contributed by atoms with Gasteiger partial charge in [0.25, 0.3) is 0 Å². The molecule has 3 heterocycles. The number of rotatable bonds is 7. The number of fused-ring (bicyclic) bond motifs is 1. The van der Waals surface area contributed by atoms with Crippen LogP contribution in [0.15, 0.2) is 108 Å². The molecule has 1 aliphatic heterocycles. The molecule has 6 rings (SSSR count). The number of nitrogens with zero attached hydrogens (tertiary/aromatic N) is 2. The van der Waals surface area contributed by atoms with Gasteiger partial charge in [-0.05, 0) is 72.2 Å². The molecule has 0 bridgehead atoms. The number of carbonyl (C=O) groups excluding carboxylic acids is 1. The van der Waals surface area contributed by atoms with E-state index in [0.717, 1.165) is 27.7 Å². The first-order valence-corrected chi connectivity index (χ1v) is 13.1. The number of nitrogens with one attached hydrogen (secondary N) is 2. The van der Waals surface area contributed by atoms with Gasteiger partial charge in [0.2, 0.25) is 5.91 Å². The summed E-state index contributed by atoms with van der Waals surface area (Å²) < 4.78 is 19.7. The number of furan rings is 1. The number of carbonyl (C=O) groups is 1. The van der Waals surface area contributed by atoms with Gasteiger partial charge >= 0.3 is 0 Å². The van der Waals surface area contributed by atoms with E-state index in [1.54, 1.807) is 18.3 Å². The minimum absolute atomic E-state index is 0.111. The topological polar surface area (TPSA) is 70.4 Å². The van der Waals surface area contributed by atoms with Crippen molar-refractivity contribution in [2.24, 2.45) is 0 Å². The smallest absolute Gasteiger partial charge is 0.226 e. The lowest BCUT2D eigenvalue weighted by atomic mass is 10.0. The lowest BCUT2D eigenvalue weighted by molar-refractivity contribution is -0.116. The molecule has 0 aliphatic carbocycles. The fourth-order valence-corrected chi connectivity index (χ4v) is 5.34. The van der Waals surface area contributed by atoms with Crippen LogP contribution in [0.4, 0.5) is 10.1 Å². The summed E-state index contributed by atoms with van der Waals surface area (Å²) in [5.74, 6) is 0.878. The summed E-state index contributed by atoms with van der Waals surface area (Å²) in [5, 5.41) is 9.01. The zero-order valence-electron chi connectivity index (χ0n) is 20.9. The standard InChI is InChI=1S/C31H25FN4O2S/c32-22-13-11-21(12-14-22)26-15-16-27(38-26)30-29(25-9-3-4-18-33-25)35-31(39)36(30)19-17-28(37)34-24-10-5-7-20-6-1-2-8-23(20)24/h1-16,18,29-30H,17,19H2,(H,34,37)(H,35,39)/t29-,30-/m0/s1. The molecular formula is C31H25FN4O2S. The Labute approximate surface area is 230 Å². The third-order valence-electron chi connectivity index (χ3n) is 6.89. The number of hydrogen-bond donors (Lipinski definition) is 2. The first-order valence-electron chi connectivity index (χ1n) is 12.7. The molecule has 2 aromatic heterocycles. The molecule has 194 valence electrons. The fraction of sp³-hybridized carbons (Fsp3) is 0.129. The Bertz CT molecular complexity index is 1630. The van der Waals surface area contributed by atoms with E-state index >= 15 is 0 Å². The Morgan fingerprint density at radius 3 is 2.59 bits per heavy atom. The van der Waals surface area contributed by atoms with Crippen molar-refractivity contribution >= 4 is 39.7 Å². The van der Waals surface area contributed by atoms with E-state index in [1.165, 1.54) is 12.1 Å². The van der Waals surface area contributed by atoms with Crippen LogP contribution >= 0.6 is 12.2 Å². The lowest BCUT2D eigenvalue weighted by Gasteiger charge is -2.26. The molecule has 0 radical (unpaired) electrons. The highest BCUT2D eigenvalue weighted by Crippen LogP contribution is 2.40. The van der Waals surface area contributed by atoms with Crippen LogP contribution in [0.2, 0.25) is 0 Å². The second-order valence-electron chi connectivity index (χ2n) is 9.35. The molecule has 2 N–H and O–H groups in total. The van der Waals surface area contributed by atoms with E-state index in [9.17, 15) is 9.18 Å². The molecule has 2 atom stereocenters. The highest BCUT2D eigenvalue weighted by atomic mass is 32.1. The normalized spacial score (nSPS) is 16.8. The van der Waals surface area contributed by atoms with Crippen LogP contribution in [0.5, 0.6) is 0 Å². The minimum Gasteiger partial charge on any atom is -0.459 e. The van der Waals surface area contributed by atoms with E-state index in [4.69, 9.17) is 16.6 Å². The molecule has 0 spiro atoms. The Balaban J connectivity index is 1.25. The number of benzene rings is 3. The van der Waals surface area contributed by atoms with Crippen molar-refractivity contribution in [1.82, 2.24) is 15.2 Å². The molecule has 8 heteroatoms. The van der Waals surface area contributed by atoms with Gasteiger partial charge in [-0.1, -0.05) is 42.5 Å². The number of pyridine rings is 1. The maximum atomic E-state index is 13.5. The predicted molar refractivity (Wildman–Crippen MR) is 153 cm³/mol. The molecule has 5 aromatic rings. The van der Waals surface area contributed by atoms with Crippen LogP contribution in [-0.4, -0.2) is 27.4 Å². The van der Waals surface area contributed by atoms with Crippen LogP contribution in [0, 0.1) is 5.82 Å². The Morgan fingerprint density at radius 1 is 0.974 bits per heavy atom. The minimum atomic E-state index is -0.327. The maximum Gasteiger partial charge on any atom is 0.226 e. The number of halogens is 1. The van der Waals surface area contributed by atoms with Gasteiger partial charge in [0.05, 0.1) is 11.7 Å². The van der Waals surface area contributed by atoms with Gasteiger partial charge in [0.15, 0.2) is 5.11 Å². The summed E-state index contributed by atoms with van der Waals surface area (Å²) in [7, 11) is 0. The van der Waals surface area contributed by atoms with Gasteiger partial charge in [0.1, 0.15) is 23.4 Å². The quantitative estimate of drug-likeness (QED) is 0.228. The summed E-state index contributed by atoms with van der Waals surface area (Å²) >= 11 is 5.73. The average Bonchev–Trinajstić information content (AvgIpc) is 3.57. The first kappa shape index (κ1) is 24.8. The van der Waals surface area contributed by atoms with Crippen LogP contribution in [0.3, 0.4) is 0 Å². The number of hydrogen-bond acceptors (Lipinski definition) is 4. The van der Waals surface area contributed by atoms with Gasteiger partial charge in [-0.15, -0.1) is 0 Å². The molecular weight excluding hydrogens is 511 g/mol. The number of amides is 1. The van der Waals surface area contributed by atoms with E-state index in [1.807, 2.05) is 77.7 Å². The molecule has 6 nitrogen and oxygen atoms in total. The van der Waals surface area contributed by atoms with Crippen molar-refractivity contribution in [1.29, 1.82) is 0 Å². The van der Waals surface area contributed by atoms with Crippen molar-refractivity contribution in [3.8, 4) is 11.3 Å². The van der Waals surface area contributed by atoms with Crippen molar-refractivity contribution in [2.45, 2.75) is 18.5 Å². The average molecular weight is 537 g/mol. The van der Waals surface area contributed by atoms with Gasteiger partial charge in [-0.25, -0.2) is 4.39 Å². The second kappa shape index (κ2) is 10.7. The molecule has 1 fully saturated rings. The predicted octanol–water partition coefficient (Wildman–Crippen LogP) is 6.64. The third kappa shape index (κ3) is 5.11. The molecule has 1 amide bonds. The van der Waals surface area contributed by atoms with E-state index < -0.39 is 0 Å². The zero-order chi connectivity index (χ0) is 26.8. The zero-order valence-corrected chi connectivity index (χ0v) is 21.7. The number of thiocarbonyl (C=S) groups is 1. The molecule has 0 saturated carbocycles. The SMILES string of the molecule is O=C(CCN1C(=S)N[C@@H](c2ccccn2)[C@@H]1c1ccc(-c2ccc(F)cc2)o1)Nc1cccc2ccccc12. The van der Waals surface area contributed by atoms with Crippen molar-refractivity contribution < 1.29 is 13.6 Å². The van der Waals surface area contributed by atoms with Gasteiger partial charge in [-0.2, -0.15) is 0 Å². The van der Waals surface area contributed by atoms with Crippen LogP contribution in [-0.2, 0) is 4.79 Å². The summed E-state index contributed by atoms with van der Waals surface area (Å²) in [5.41, 5.74) is 2.36. The summed E-state index contributed by atoms with van der Waals surface area (Å²) in [6.07, 6.45) is 1.96. The van der Waals surface area contributed by atoms with Crippen molar-refractivity contribution in [3.05, 3.63) is 121 Å². The molecule has 1 saturated heterocycles. The van der Waals surface area contributed by atoms with Crippen LogP contribution in [0.25, 0.3) is 22.1 Å². The van der Waals surface area contributed by atoms with E-state index in [0.29, 0.717) is 23.2 Å². The number of anilines is 1. The third-order valence-corrected chi connectivity index (χ3v) is 7.24. The van der Waals surface area contributed by atoms with Crippen LogP contribution < -0.4 is 10.6 Å². The highest BCUT2D eigenvalue weighted by molar-refractivity contribution is 7.80. The van der Waals surface area contributed by atoms with Crippen molar-refractivity contribution in [3.63, 3.8) is 0 Å². The summed E-state index contributed by atoms with van der Waals surface area (Å²) in [6.45, 7) is 0.378. The van der Waals surface area contributed by atoms with E-state index in [-0.39, 0.29) is 30.2 Å². The van der Waals surface area contributed by atoms with Crippen LogP contribution in [0.1, 0.15) is 30.0 Å². The number of aromatic nitrogens is 1. The monoisotopic (exact) mass is 536 g/mol. The second-order valence-corrected chi connectivity index (χ2v) is 9.74. The lowest BCUT2D eigenvalue weighted by Crippen LogP contribution is -2.32. The molecule has 0 unspecified atom stereocenters. The largest absolute Gasteiger partial charge is 0.459 e. The first-order chi connectivity index (χ1) is 19.1. The Morgan fingerprint density at radius 2 is 1.77 bits per heavy atom.